The van der Waals surface area contributed by atoms with Crippen molar-refractivity contribution in [1.29, 1.82) is 0 Å². The fourth-order valence-electron chi connectivity index (χ4n) is 5.65. The van der Waals surface area contributed by atoms with Crippen LogP contribution in [0.15, 0.2) is 30.5 Å². The van der Waals surface area contributed by atoms with Gasteiger partial charge in [-0.2, -0.15) is 0 Å². The Labute approximate surface area is 249 Å². The first-order valence-electron chi connectivity index (χ1n) is 13.6. The van der Waals surface area contributed by atoms with E-state index < -0.39 is 21.1 Å². The Bertz CT molecular complexity index is 1490. The molecule has 2 aromatic heterocycles. The fourth-order valence-corrected chi connectivity index (χ4v) is 7.87. The zero-order valence-electron chi connectivity index (χ0n) is 22.8. The number of nitrogens with two attached hydrogens (primary N) is 2. The molecule has 2 fully saturated rings. The maximum atomic E-state index is 16.0. The van der Waals surface area contributed by atoms with Gasteiger partial charge in [0.15, 0.2) is 0 Å². The molecule has 3 aromatic rings. The van der Waals surface area contributed by atoms with Crippen molar-refractivity contribution in [2.75, 3.05) is 31.9 Å². The third kappa shape index (κ3) is 6.69. The molecule has 222 valence electrons. The summed E-state index contributed by atoms with van der Waals surface area (Å²) in [5.41, 5.74) is 6.93. The summed E-state index contributed by atoms with van der Waals surface area (Å²) in [7, 11) is -4.02. The van der Waals surface area contributed by atoms with Crippen LogP contribution in [0.5, 0.6) is 0 Å². The number of nitrogens with zero attached hydrogens (tertiary/aromatic N) is 4. The minimum absolute atomic E-state index is 0. The highest BCUT2D eigenvalue weighted by molar-refractivity contribution is 7.89. The second-order valence-corrected chi connectivity index (χ2v) is 13.1. The molecule has 5 N–H and O–H groups in total. The lowest BCUT2D eigenvalue weighted by molar-refractivity contribution is -0.137. The number of hydrogen-bond acceptors (Lipinski definition) is 9. The second kappa shape index (κ2) is 13.1. The van der Waals surface area contributed by atoms with Crippen LogP contribution in [-0.4, -0.2) is 60.4 Å². The molecule has 0 saturated carbocycles. The molecule has 2 aliphatic heterocycles. The zero-order chi connectivity index (χ0) is 28.4. The van der Waals surface area contributed by atoms with Gasteiger partial charge < -0.3 is 16.0 Å². The summed E-state index contributed by atoms with van der Waals surface area (Å²) >= 11 is 1.42. The lowest BCUT2D eigenvalue weighted by atomic mass is 9.93. The number of carbonyl (C=O) groups excluding carboxylic acids is 1. The normalized spacial score (nSPS) is 17.7. The summed E-state index contributed by atoms with van der Waals surface area (Å²) in [6.45, 7) is 4.70. The van der Waals surface area contributed by atoms with Gasteiger partial charge >= 0.3 is 0 Å². The number of hydrogen-bond donors (Lipinski definition) is 3. The summed E-state index contributed by atoms with van der Waals surface area (Å²) in [4.78, 5) is 28.9. The summed E-state index contributed by atoms with van der Waals surface area (Å²) in [6, 6.07) is 6.34. The Kier molecular flexibility index (Phi) is 9.96. The summed E-state index contributed by atoms with van der Waals surface area (Å²) in [6.07, 6.45) is 4.91. The minimum atomic E-state index is -4.02. The highest BCUT2D eigenvalue weighted by atomic mass is 35.5. The number of rotatable bonds is 7. The van der Waals surface area contributed by atoms with Gasteiger partial charge in [-0.15, -0.1) is 23.7 Å². The van der Waals surface area contributed by atoms with Crippen molar-refractivity contribution >= 4 is 45.6 Å². The van der Waals surface area contributed by atoms with Crippen molar-refractivity contribution in [2.45, 2.75) is 50.2 Å². The van der Waals surface area contributed by atoms with Crippen molar-refractivity contribution < 1.29 is 17.6 Å². The first-order valence-corrected chi connectivity index (χ1v) is 16.0. The van der Waals surface area contributed by atoms with Gasteiger partial charge in [0, 0.05) is 42.2 Å². The predicted molar refractivity (Wildman–Crippen MR) is 160 cm³/mol. The van der Waals surface area contributed by atoms with Gasteiger partial charge in [-0.25, -0.2) is 32.9 Å². The van der Waals surface area contributed by atoms with E-state index >= 15 is 4.39 Å². The van der Waals surface area contributed by atoms with Crippen molar-refractivity contribution in [3.63, 3.8) is 0 Å². The number of sulfonamides is 1. The van der Waals surface area contributed by atoms with Gasteiger partial charge in [0.1, 0.15) is 11.1 Å². The molecule has 0 radical (unpaired) electrons. The highest BCUT2D eigenvalue weighted by Crippen LogP contribution is 2.43. The molecule has 0 aliphatic carbocycles. The molecule has 0 bridgehead atoms. The number of thiazole rings is 1. The average Bonchev–Trinajstić information content (AvgIpc) is 3.39. The van der Waals surface area contributed by atoms with Crippen LogP contribution in [0.3, 0.4) is 0 Å². The third-order valence-electron chi connectivity index (χ3n) is 7.79. The minimum Gasteiger partial charge on any atom is -0.368 e. The predicted octanol–water partition coefficient (Wildman–Crippen LogP) is 3.86. The molecule has 10 nitrogen and oxygen atoms in total. The van der Waals surface area contributed by atoms with Gasteiger partial charge in [-0.1, -0.05) is 19.1 Å². The molecule has 1 amide bonds. The molecule has 5 rings (SSSR count). The van der Waals surface area contributed by atoms with E-state index in [4.69, 9.17) is 15.9 Å². The average molecular weight is 624 g/mol. The Balaban J connectivity index is 0.00000387. The molecular weight excluding hydrogens is 589 g/mol. The van der Waals surface area contributed by atoms with E-state index in [2.05, 4.69) is 15.3 Å². The number of anilines is 1. The Morgan fingerprint density at radius 3 is 2.51 bits per heavy atom. The number of nitrogen functional groups attached to an aromatic ring is 1. The number of carbonyl (C=O) groups is 1. The van der Waals surface area contributed by atoms with Crippen LogP contribution in [0.2, 0.25) is 0 Å². The van der Waals surface area contributed by atoms with Gasteiger partial charge in [-0.05, 0) is 57.3 Å². The van der Waals surface area contributed by atoms with Gasteiger partial charge in [-0.3, -0.25) is 4.79 Å². The van der Waals surface area contributed by atoms with Gasteiger partial charge in [0.05, 0.1) is 21.3 Å². The maximum Gasteiger partial charge on any atom is 0.225 e. The second-order valence-electron chi connectivity index (χ2n) is 10.3. The standard InChI is InChI=1S/C27H34FN7O3S2.ClH/c1-2-21(40(30,37)38)18-4-3-5-19(22(18)28)23-24(20-8-13-32-27(29)33-20)39-25(34-23)16-9-14-35(15-10-16)26(36)17-6-11-31-12-7-17;/h3-5,8,13,16-17,21,31H,2,6-7,9-12,14-15H2,1H3,(H2,29,32,33)(H2,30,37,38);1H. The molecule has 14 heteroatoms. The largest absolute Gasteiger partial charge is 0.368 e. The first-order chi connectivity index (χ1) is 19.2. The summed E-state index contributed by atoms with van der Waals surface area (Å²) in [5, 5.41) is 8.38. The number of benzene rings is 1. The molecule has 1 atom stereocenters. The number of primary sulfonamides is 1. The van der Waals surface area contributed by atoms with Crippen LogP contribution in [0.25, 0.3) is 21.8 Å². The Morgan fingerprint density at radius 2 is 1.88 bits per heavy atom. The van der Waals surface area contributed by atoms with E-state index in [1.807, 2.05) is 4.90 Å². The van der Waals surface area contributed by atoms with Crippen molar-refractivity contribution in [2.24, 2.45) is 11.1 Å². The Morgan fingerprint density at radius 1 is 1.17 bits per heavy atom. The summed E-state index contributed by atoms with van der Waals surface area (Å²) in [5.74, 6) is -0.189. The summed E-state index contributed by atoms with van der Waals surface area (Å²) < 4.78 is 40.4. The third-order valence-corrected chi connectivity index (χ3v) is 10.4. The van der Waals surface area contributed by atoms with Crippen LogP contribution in [0.1, 0.15) is 60.8 Å². The van der Waals surface area contributed by atoms with E-state index in [9.17, 15) is 13.2 Å². The number of halogens is 2. The molecule has 0 spiro atoms. The zero-order valence-corrected chi connectivity index (χ0v) is 25.2. The first kappa shape index (κ1) is 31.2. The smallest absolute Gasteiger partial charge is 0.225 e. The van der Waals surface area contributed by atoms with E-state index in [-0.39, 0.29) is 53.6 Å². The molecule has 4 heterocycles. The highest BCUT2D eigenvalue weighted by Gasteiger charge is 2.32. The monoisotopic (exact) mass is 623 g/mol. The van der Waals surface area contributed by atoms with Crippen LogP contribution in [0, 0.1) is 11.7 Å². The van der Waals surface area contributed by atoms with Crippen molar-refractivity contribution in [3.8, 4) is 21.8 Å². The van der Waals surface area contributed by atoms with Crippen molar-refractivity contribution in [1.82, 2.24) is 25.2 Å². The number of likely N-dealkylation sites (tertiary alicyclic amines) is 1. The van der Waals surface area contributed by atoms with E-state index in [1.54, 1.807) is 25.1 Å². The Hall–Kier alpha value is -2.71. The topological polar surface area (TPSA) is 157 Å². The van der Waals surface area contributed by atoms with E-state index in [0.717, 1.165) is 43.8 Å². The number of amides is 1. The molecule has 2 aliphatic rings. The fraction of sp³-hybridized carbons (Fsp3) is 0.481. The van der Waals surface area contributed by atoms with E-state index in [1.165, 1.54) is 23.6 Å². The van der Waals surface area contributed by atoms with E-state index in [0.29, 0.717) is 29.4 Å². The van der Waals surface area contributed by atoms with Crippen LogP contribution in [0.4, 0.5) is 10.3 Å². The lowest BCUT2D eigenvalue weighted by Crippen LogP contribution is -2.44. The SMILES string of the molecule is CCC(c1cccc(-c2nc(C3CCN(C(=O)C4CCNCC4)CC3)sc2-c2ccnc(N)n2)c1F)S(N)(=O)=O.Cl. The number of aromatic nitrogens is 3. The quantitative estimate of drug-likeness (QED) is 0.358. The lowest BCUT2D eigenvalue weighted by Gasteiger charge is -2.34. The molecule has 41 heavy (non-hydrogen) atoms. The van der Waals surface area contributed by atoms with Gasteiger partial charge in [0.25, 0.3) is 0 Å². The van der Waals surface area contributed by atoms with Crippen LogP contribution in [-0.2, 0) is 14.8 Å². The molecule has 1 aromatic carbocycles. The van der Waals surface area contributed by atoms with Gasteiger partial charge in [0.2, 0.25) is 21.9 Å². The molecule has 2 saturated heterocycles. The molecular formula is C27H35ClFN7O3S2. The van der Waals surface area contributed by atoms with Crippen LogP contribution < -0.4 is 16.2 Å². The van der Waals surface area contributed by atoms with Crippen molar-refractivity contribution in [3.05, 3.63) is 46.9 Å². The van der Waals surface area contributed by atoms with Crippen LogP contribution >= 0.6 is 23.7 Å². The molecule has 1 unspecified atom stereocenters. The number of piperidine rings is 2. The number of nitrogens with one attached hydrogen (secondary N) is 1. The maximum absolute atomic E-state index is 16.0.